The minimum Gasteiger partial charge on any atom is -0.380 e. The first-order valence-electron chi connectivity index (χ1n) is 4.44. The summed E-state index contributed by atoms with van der Waals surface area (Å²) in [6.07, 6.45) is 9.56. The van der Waals surface area contributed by atoms with E-state index in [0.29, 0.717) is 6.61 Å². The lowest BCUT2D eigenvalue weighted by atomic mass is 10.1. The average molecular weight is 196 g/mol. The molecule has 0 saturated carbocycles. The van der Waals surface area contributed by atoms with Crippen LogP contribution in [0.15, 0.2) is 36.0 Å². The van der Waals surface area contributed by atoms with E-state index >= 15 is 0 Å². The van der Waals surface area contributed by atoms with Crippen LogP contribution in [0.5, 0.6) is 0 Å². The summed E-state index contributed by atoms with van der Waals surface area (Å²) < 4.78 is 15.9. The predicted octanol–water partition coefficient (Wildman–Crippen LogP) is 1.67. The summed E-state index contributed by atoms with van der Waals surface area (Å²) in [5, 5.41) is 0. The molecule has 3 heteroatoms. The van der Waals surface area contributed by atoms with Crippen LogP contribution in [-0.4, -0.2) is 33.7 Å². The van der Waals surface area contributed by atoms with Crippen LogP contribution in [-0.2, 0) is 14.2 Å². The number of hydrogen-bond acceptors (Lipinski definition) is 3. The molecule has 78 valence electrons. The molecule has 0 bridgehead atoms. The molecule has 0 heterocycles. The number of hydrogen-bond donors (Lipinski definition) is 0. The zero-order chi connectivity index (χ0) is 10.4. The minimum atomic E-state index is -0.792. The summed E-state index contributed by atoms with van der Waals surface area (Å²) in [4.78, 5) is 0. The number of ether oxygens (including phenoxy) is 3. The van der Waals surface area contributed by atoms with Gasteiger partial charge in [-0.15, -0.1) is 0 Å². The maximum absolute atomic E-state index is 5.38. The Labute approximate surface area is 84.7 Å². The molecule has 0 unspecified atom stereocenters. The third-order valence-corrected chi connectivity index (χ3v) is 2.19. The van der Waals surface area contributed by atoms with Gasteiger partial charge in [0, 0.05) is 26.9 Å². The Morgan fingerprint density at radius 3 is 2.36 bits per heavy atom. The molecule has 0 aromatic heterocycles. The molecule has 0 saturated heterocycles. The maximum atomic E-state index is 5.38. The van der Waals surface area contributed by atoms with E-state index in [-0.39, 0.29) is 0 Å². The second-order valence-electron chi connectivity index (χ2n) is 2.94. The van der Waals surface area contributed by atoms with Gasteiger partial charge in [0.05, 0.1) is 6.61 Å². The van der Waals surface area contributed by atoms with Crippen LogP contribution < -0.4 is 0 Å². The highest BCUT2D eigenvalue weighted by atomic mass is 16.7. The van der Waals surface area contributed by atoms with Crippen LogP contribution in [0.2, 0.25) is 0 Å². The van der Waals surface area contributed by atoms with E-state index in [1.165, 1.54) is 0 Å². The van der Waals surface area contributed by atoms with Crippen molar-refractivity contribution in [3.63, 3.8) is 0 Å². The summed E-state index contributed by atoms with van der Waals surface area (Å²) in [7, 11) is 4.88. The summed E-state index contributed by atoms with van der Waals surface area (Å²) in [5.41, 5.74) is 0.940. The Balaban J connectivity index is 2.98. The van der Waals surface area contributed by atoms with E-state index in [9.17, 15) is 0 Å². The lowest BCUT2D eigenvalue weighted by molar-refractivity contribution is -0.146. The maximum Gasteiger partial charge on any atom is 0.213 e. The van der Waals surface area contributed by atoms with Crippen molar-refractivity contribution in [1.29, 1.82) is 0 Å². The number of rotatable bonds is 4. The number of allylic oxidation sites excluding steroid dienone is 4. The molecule has 0 aromatic rings. The van der Waals surface area contributed by atoms with E-state index in [1.54, 1.807) is 21.3 Å². The van der Waals surface area contributed by atoms with Crippen molar-refractivity contribution in [2.45, 2.75) is 5.79 Å². The minimum absolute atomic E-state index is 0.482. The van der Waals surface area contributed by atoms with Crippen LogP contribution in [0.25, 0.3) is 0 Å². The summed E-state index contributed by atoms with van der Waals surface area (Å²) >= 11 is 0. The van der Waals surface area contributed by atoms with Gasteiger partial charge < -0.3 is 14.2 Å². The molecule has 1 aliphatic carbocycles. The Hall–Kier alpha value is -0.900. The predicted molar refractivity (Wildman–Crippen MR) is 55.0 cm³/mol. The van der Waals surface area contributed by atoms with Gasteiger partial charge in [-0.1, -0.05) is 24.3 Å². The molecular weight excluding hydrogens is 180 g/mol. The zero-order valence-corrected chi connectivity index (χ0v) is 8.82. The molecule has 0 atom stereocenters. The van der Waals surface area contributed by atoms with Gasteiger partial charge in [0.2, 0.25) is 5.79 Å². The molecule has 0 aromatic carbocycles. The van der Waals surface area contributed by atoms with Crippen LogP contribution in [0, 0.1) is 0 Å². The Kier molecular flexibility index (Phi) is 4.07. The van der Waals surface area contributed by atoms with E-state index < -0.39 is 5.79 Å². The zero-order valence-electron chi connectivity index (χ0n) is 8.82. The fraction of sp³-hybridized carbons (Fsp3) is 0.455. The molecule has 14 heavy (non-hydrogen) atoms. The van der Waals surface area contributed by atoms with Gasteiger partial charge in [-0.3, -0.25) is 0 Å². The topological polar surface area (TPSA) is 27.7 Å². The largest absolute Gasteiger partial charge is 0.380 e. The van der Waals surface area contributed by atoms with Gasteiger partial charge >= 0.3 is 0 Å². The van der Waals surface area contributed by atoms with Gasteiger partial charge in [-0.2, -0.15) is 0 Å². The van der Waals surface area contributed by atoms with Gasteiger partial charge in [-0.25, -0.2) is 0 Å². The highest BCUT2D eigenvalue weighted by molar-refractivity contribution is 5.32. The lowest BCUT2D eigenvalue weighted by Crippen LogP contribution is -2.35. The van der Waals surface area contributed by atoms with E-state index in [0.717, 1.165) is 5.57 Å². The standard InChI is InChI=1S/C11H16O3/c1-12-9-10-7-5-4-6-8-11(10,13-2)14-3/h4-8H,9H2,1-3H3. The first kappa shape index (κ1) is 11.2. The normalized spacial score (nSPS) is 19.2. The fourth-order valence-corrected chi connectivity index (χ4v) is 1.43. The molecule has 0 N–H and O–H groups in total. The van der Waals surface area contributed by atoms with Crippen molar-refractivity contribution in [1.82, 2.24) is 0 Å². The molecule has 1 rings (SSSR count). The molecule has 0 fully saturated rings. The molecule has 0 spiro atoms. The van der Waals surface area contributed by atoms with Crippen molar-refractivity contribution in [2.24, 2.45) is 0 Å². The van der Waals surface area contributed by atoms with Crippen LogP contribution >= 0.6 is 0 Å². The van der Waals surface area contributed by atoms with Crippen molar-refractivity contribution in [2.75, 3.05) is 27.9 Å². The highest BCUT2D eigenvalue weighted by Crippen LogP contribution is 2.25. The summed E-state index contributed by atoms with van der Waals surface area (Å²) in [6, 6.07) is 0. The van der Waals surface area contributed by atoms with Crippen LogP contribution in [0.1, 0.15) is 0 Å². The first-order chi connectivity index (χ1) is 6.79. The molecule has 0 aliphatic heterocycles. The lowest BCUT2D eigenvalue weighted by Gasteiger charge is -2.29. The second-order valence-corrected chi connectivity index (χ2v) is 2.94. The third-order valence-electron chi connectivity index (χ3n) is 2.19. The molecule has 1 aliphatic rings. The van der Waals surface area contributed by atoms with Gasteiger partial charge in [0.1, 0.15) is 0 Å². The van der Waals surface area contributed by atoms with Crippen molar-refractivity contribution in [3.05, 3.63) is 36.0 Å². The Bertz CT molecular complexity index is 260. The van der Waals surface area contributed by atoms with E-state index in [2.05, 4.69) is 0 Å². The smallest absolute Gasteiger partial charge is 0.213 e. The van der Waals surface area contributed by atoms with E-state index in [1.807, 2.05) is 30.4 Å². The SMILES string of the molecule is COCC1=CC=CC=CC1(OC)OC. The first-order valence-corrected chi connectivity index (χ1v) is 4.44. The van der Waals surface area contributed by atoms with Crippen molar-refractivity contribution < 1.29 is 14.2 Å². The van der Waals surface area contributed by atoms with Crippen molar-refractivity contribution >= 4 is 0 Å². The van der Waals surface area contributed by atoms with E-state index in [4.69, 9.17) is 14.2 Å². The van der Waals surface area contributed by atoms with Crippen LogP contribution in [0.4, 0.5) is 0 Å². The fourth-order valence-electron chi connectivity index (χ4n) is 1.43. The third kappa shape index (κ3) is 2.12. The van der Waals surface area contributed by atoms with Crippen LogP contribution in [0.3, 0.4) is 0 Å². The van der Waals surface area contributed by atoms with Gasteiger partial charge in [-0.05, 0) is 6.08 Å². The molecule has 0 radical (unpaired) electrons. The molecule has 3 nitrogen and oxygen atoms in total. The quantitative estimate of drug-likeness (QED) is 0.640. The summed E-state index contributed by atoms with van der Waals surface area (Å²) in [5.74, 6) is -0.792. The molecule has 0 amide bonds. The molecular formula is C11H16O3. The Morgan fingerprint density at radius 1 is 1.07 bits per heavy atom. The van der Waals surface area contributed by atoms with Gasteiger partial charge in [0.25, 0.3) is 0 Å². The number of methoxy groups -OCH3 is 3. The average Bonchev–Trinajstić information content (AvgIpc) is 2.42. The highest BCUT2D eigenvalue weighted by Gasteiger charge is 2.31. The monoisotopic (exact) mass is 196 g/mol. The Morgan fingerprint density at radius 2 is 1.79 bits per heavy atom. The summed E-state index contributed by atoms with van der Waals surface area (Å²) in [6.45, 7) is 0.482. The van der Waals surface area contributed by atoms with Crippen molar-refractivity contribution in [3.8, 4) is 0 Å². The second kappa shape index (κ2) is 5.10. The van der Waals surface area contributed by atoms with Gasteiger partial charge in [0.15, 0.2) is 0 Å².